The van der Waals surface area contributed by atoms with Gasteiger partial charge in [-0.25, -0.2) is 4.39 Å². The molecule has 0 spiro atoms. The fourth-order valence-corrected chi connectivity index (χ4v) is 1.92. The fraction of sp³-hybridized carbons (Fsp3) is 0.0667. The van der Waals surface area contributed by atoms with Crippen molar-refractivity contribution < 1.29 is 8.81 Å². The molecule has 0 saturated carbocycles. The van der Waals surface area contributed by atoms with Crippen LogP contribution in [0.3, 0.4) is 0 Å². The topological polar surface area (TPSA) is 13.1 Å². The molecule has 0 bridgehead atoms. The van der Waals surface area contributed by atoms with E-state index in [9.17, 15) is 4.39 Å². The second-order valence-corrected chi connectivity index (χ2v) is 4.16. The van der Waals surface area contributed by atoms with Gasteiger partial charge in [-0.1, -0.05) is 11.6 Å². The number of aryl methyl sites for hydroxylation is 1. The lowest BCUT2D eigenvalue weighted by Crippen LogP contribution is -1.74. The minimum Gasteiger partial charge on any atom is -0.456 e. The minimum atomic E-state index is -0.235. The van der Waals surface area contributed by atoms with Gasteiger partial charge in [-0.2, -0.15) is 0 Å². The molecule has 0 aliphatic heterocycles. The summed E-state index contributed by atoms with van der Waals surface area (Å²) in [6.45, 7) is 2.05. The van der Waals surface area contributed by atoms with Crippen LogP contribution in [0.2, 0.25) is 0 Å². The standard InChI is InChI=1S/C15H11FO/c1-10-2-7-14-12(8-10)9-15(17-14)11-3-5-13(16)6-4-11/h2-9H,1H3. The molecule has 0 fully saturated rings. The van der Waals surface area contributed by atoms with Gasteiger partial charge in [0.05, 0.1) is 0 Å². The third kappa shape index (κ3) is 1.82. The Bertz CT molecular complexity index is 665. The van der Waals surface area contributed by atoms with E-state index in [1.54, 1.807) is 12.1 Å². The third-order valence-electron chi connectivity index (χ3n) is 2.80. The lowest BCUT2D eigenvalue weighted by molar-refractivity contribution is 0.623. The van der Waals surface area contributed by atoms with Crippen molar-refractivity contribution in [3.8, 4) is 11.3 Å². The maximum absolute atomic E-state index is 12.8. The average Bonchev–Trinajstić information content (AvgIpc) is 2.72. The first kappa shape index (κ1) is 10.1. The van der Waals surface area contributed by atoms with Crippen LogP contribution in [0.25, 0.3) is 22.3 Å². The van der Waals surface area contributed by atoms with Crippen molar-refractivity contribution in [3.63, 3.8) is 0 Å². The zero-order valence-corrected chi connectivity index (χ0v) is 9.41. The van der Waals surface area contributed by atoms with Gasteiger partial charge in [-0.05, 0) is 49.4 Å². The molecule has 0 aliphatic rings. The lowest BCUT2D eigenvalue weighted by Gasteiger charge is -1.94. The Hall–Kier alpha value is -2.09. The molecule has 0 amide bonds. The summed E-state index contributed by atoms with van der Waals surface area (Å²) < 4.78 is 18.6. The summed E-state index contributed by atoms with van der Waals surface area (Å²) in [4.78, 5) is 0. The predicted octanol–water partition coefficient (Wildman–Crippen LogP) is 4.55. The summed E-state index contributed by atoms with van der Waals surface area (Å²) in [5, 5.41) is 1.07. The van der Waals surface area contributed by atoms with Crippen molar-refractivity contribution in [2.45, 2.75) is 6.92 Å². The van der Waals surface area contributed by atoms with E-state index in [-0.39, 0.29) is 5.82 Å². The van der Waals surface area contributed by atoms with Crippen LogP contribution in [-0.2, 0) is 0 Å². The first-order valence-electron chi connectivity index (χ1n) is 5.48. The molecule has 1 nitrogen and oxygen atoms in total. The predicted molar refractivity (Wildman–Crippen MR) is 66.3 cm³/mol. The SMILES string of the molecule is Cc1ccc2oc(-c3ccc(F)cc3)cc2c1. The van der Waals surface area contributed by atoms with Gasteiger partial charge in [0.1, 0.15) is 17.2 Å². The van der Waals surface area contributed by atoms with Gasteiger partial charge in [-0.15, -0.1) is 0 Å². The van der Waals surface area contributed by atoms with Crippen molar-refractivity contribution in [2.75, 3.05) is 0 Å². The number of hydrogen-bond acceptors (Lipinski definition) is 1. The quantitative estimate of drug-likeness (QED) is 0.593. The highest BCUT2D eigenvalue weighted by atomic mass is 19.1. The van der Waals surface area contributed by atoms with E-state index in [4.69, 9.17) is 4.42 Å². The van der Waals surface area contributed by atoms with E-state index < -0.39 is 0 Å². The molecule has 0 radical (unpaired) electrons. The van der Waals surface area contributed by atoms with E-state index >= 15 is 0 Å². The normalized spacial score (nSPS) is 10.9. The van der Waals surface area contributed by atoms with Gasteiger partial charge < -0.3 is 4.42 Å². The smallest absolute Gasteiger partial charge is 0.135 e. The summed E-state index contributed by atoms with van der Waals surface area (Å²) >= 11 is 0. The summed E-state index contributed by atoms with van der Waals surface area (Å²) in [7, 11) is 0. The molecule has 2 heteroatoms. The van der Waals surface area contributed by atoms with E-state index in [0.717, 1.165) is 22.3 Å². The second-order valence-electron chi connectivity index (χ2n) is 4.16. The Kier molecular flexibility index (Phi) is 2.22. The monoisotopic (exact) mass is 226 g/mol. The summed E-state index contributed by atoms with van der Waals surface area (Å²) in [5.41, 5.74) is 2.94. The Morgan fingerprint density at radius 1 is 0.941 bits per heavy atom. The highest BCUT2D eigenvalue weighted by Crippen LogP contribution is 2.28. The van der Waals surface area contributed by atoms with Crippen molar-refractivity contribution >= 4 is 11.0 Å². The molecule has 0 atom stereocenters. The van der Waals surface area contributed by atoms with Crippen molar-refractivity contribution in [1.29, 1.82) is 0 Å². The molecule has 1 heterocycles. The number of rotatable bonds is 1. The highest BCUT2D eigenvalue weighted by molar-refractivity contribution is 5.83. The maximum atomic E-state index is 12.8. The zero-order valence-electron chi connectivity index (χ0n) is 9.41. The lowest BCUT2D eigenvalue weighted by atomic mass is 10.1. The van der Waals surface area contributed by atoms with Crippen LogP contribution < -0.4 is 0 Å². The van der Waals surface area contributed by atoms with Crippen LogP contribution in [-0.4, -0.2) is 0 Å². The summed E-state index contributed by atoms with van der Waals surface area (Å²) in [5.74, 6) is 0.534. The molecule has 84 valence electrons. The third-order valence-corrected chi connectivity index (χ3v) is 2.80. The molecular formula is C15H11FO. The van der Waals surface area contributed by atoms with Gasteiger partial charge in [0.2, 0.25) is 0 Å². The number of fused-ring (bicyclic) bond motifs is 1. The number of halogens is 1. The second kappa shape index (κ2) is 3.74. The molecule has 3 aromatic rings. The maximum Gasteiger partial charge on any atom is 0.135 e. The van der Waals surface area contributed by atoms with E-state index in [2.05, 4.69) is 6.07 Å². The molecule has 0 N–H and O–H groups in total. The van der Waals surface area contributed by atoms with Crippen LogP contribution in [0.1, 0.15) is 5.56 Å². The molecule has 0 aliphatic carbocycles. The Morgan fingerprint density at radius 2 is 1.71 bits per heavy atom. The Labute approximate surface area is 98.5 Å². The molecule has 2 aromatic carbocycles. The fourth-order valence-electron chi connectivity index (χ4n) is 1.92. The number of benzene rings is 2. The molecule has 0 unspecified atom stereocenters. The van der Waals surface area contributed by atoms with Crippen LogP contribution >= 0.6 is 0 Å². The summed E-state index contributed by atoms with van der Waals surface area (Å²) in [6.07, 6.45) is 0. The van der Waals surface area contributed by atoms with Crippen LogP contribution in [0.5, 0.6) is 0 Å². The molecule has 0 saturated heterocycles. The minimum absolute atomic E-state index is 0.235. The van der Waals surface area contributed by atoms with Crippen molar-refractivity contribution in [2.24, 2.45) is 0 Å². The van der Waals surface area contributed by atoms with Gasteiger partial charge in [0.25, 0.3) is 0 Å². The van der Waals surface area contributed by atoms with Crippen LogP contribution in [0.4, 0.5) is 4.39 Å². The highest BCUT2D eigenvalue weighted by Gasteiger charge is 2.06. The largest absolute Gasteiger partial charge is 0.456 e. The molecule has 17 heavy (non-hydrogen) atoms. The van der Waals surface area contributed by atoms with Crippen LogP contribution in [0.15, 0.2) is 52.9 Å². The zero-order chi connectivity index (χ0) is 11.8. The van der Waals surface area contributed by atoms with E-state index in [0.29, 0.717) is 0 Å². The Balaban J connectivity index is 2.14. The first-order chi connectivity index (χ1) is 8.22. The average molecular weight is 226 g/mol. The van der Waals surface area contributed by atoms with Gasteiger partial charge in [0.15, 0.2) is 0 Å². The van der Waals surface area contributed by atoms with Gasteiger partial charge >= 0.3 is 0 Å². The Morgan fingerprint density at radius 3 is 2.47 bits per heavy atom. The molecule has 1 aromatic heterocycles. The van der Waals surface area contributed by atoms with E-state index in [1.807, 2.05) is 25.1 Å². The molecule has 3 rings (SSSR count). The van der Waals surface area contributed by atoms with Crippen molar-refractivity contribution in [3.05, 3.63) is 59.9 Å². The molecular weight excluding hydrogens is 215 g/mol. The number of furan rings is 1. The summed E-state index contributed by atoms with van der Waals surface area (Å²) in [6, 6.07) is 14.3. The first-order valence-corrected chi connectivity index (χ1v) is 5.48. The van der Waals surface area contributed by atoms with Gasteiger partial charge in [0, 0.05) is 10.9 Å². The van der Waals surface area contributed by atoms with Crippen LogP contribution in [0, 0.1) is 12.7 Å². The van der Waals surface area contributed by atoms with E-state index in [1.165, 1.54) is 17.7 Å². The van der Waals surface area contributed by atoms with Gasteiger partial charge in [-0.3, -0.25) is 0 Å². The number of hydrogen-bond donors (Lipinski definition) is 0. The van der Waals surface area contributed by atoms with Crippen molar-refractivity contribution in [1.82, 2.24) is 0 Å².